The number of halogens is 2. The average Bonchev–Trinajstić information content (AvgIpc) is 3.05. The quantitative estimate of drug-likeness (QED) is 0.632. The van der Waals surface area contributed by atoms with E-state index in [1.54, 1.807) is 10.6 Å². The number of nitrogens with two attached hydrogens (primary N) is 1. The second kappa shape index (κ2) is 7.40. The maximum absolute atomic E-state index is 13.4. The van der Waals surface area contributed by atoms with Crippen LogP contribution in [0.25, 0.3) is 5.52 Å². The van der Waals surface area contributed by atoms with Gasteiger partial charge in [0.1, 0.15) is 17.7 Å². The molecule has 0 saturated carbocycles. The Morgan fingerprint density at radius 1 is 1.37 bits per heavy atom. The summed E-state index contributed by atoms with van der Waals surface area (Å²) in [6.45, 7) is 1.99. The Hall–Kier alpha value is -2.26. The van der Waals surface area contributed by atoms with E-state index in [0.717, 1.165) is 24.0 Å². The normalized spacial score (nSPS) is 20.9. The summed E-state index contributed by atoms with van der Waals surface area (Å²) < 4.78 is 15.1. The number of β-amino-alcohol motifs (C(OH)–C–C–N with tert-alkyl or cyclic N) is 1. The zero-order valence-corrected chi connectivity index (χ0v) is 15.3. The van der Waals surface area contributed by atoms with E-state index in [4.69, 9.17) is 17.3 Å². The minimum Gasteiger partial charge on any atom is -0.390 e. The second-order valence-electron chi connectivity index (χ2n) is 6.75. The lowest BCUT2D eigenvalue weighted by Crippen LogP contribution is -2.50. The highest BCUT2D eigenvalue weighted by atomic mass is 35.5. The Balaban J connectivity index is 1.62. The summed E-state index contributed by atoms with van der Waals surface area (Å²) in [7, 11) is 0. The third-order valence-electron chi connectivity index (χ3n) is 4.83. The first-order chi connectivity index (χ1) is 13.0. The number of fused-ring (bicyclic) bond motifs is 1. The molecule has 2 aromatic heterocycles. The van der Waals surface area contributed by atoms with E-state index in [9.17, 15) is 9.50 Å². The number of anilines is 2. The Morgan fingerprint density at radius 3 is 3.00 bits per heavy atom. The zero-order chi connectivity index (χ0) is 19.0. The molecule has 7 nitrogen and oxygen atoms in total. The molecule has 9 heteroatoms. The smallest absolute Gasteiger partial charge is 0.158 e. The van der Waals surface area contributed by atoms with Gasteiger partial charge in [-0.2, -0.15) is 5.10 Å². The van der Waals surface area contributed by atoms with Crippen molar-refractivity contribution < 1.29 is 9.50 Å². The number of aliphatic hydroxyl groups is 1. The number of rotatable bonds is 4. The van der Waals surface area contributed by atoms with Gasteiger partial charge in [-0.25, -0.2) is 13.9 Å². The fourth-order valence-electron chi connectivity index (χ4n) is 3.35. The number of piperidine rings is 1. The van der Waals surface area contributed by atoms with Crippen molar-refractivity contribution in [1.29, 1.82) is 0 Å². The molecular formula is C18H20ClFN6O. The van der Waals surface area contributed by atoms with Gasteiger partial charge >= 0.3 is 0 Å². The Kier molecular flexibility index (Phi) is 4.96. The fraction of sp³-hybridized carbons (Fsp3) is 0.333. The van der Waals surface area contributed by atoms with Crippen molar-refractivity contribution in [2.45, 2.75) is 25.1 Å². The van der Waals surface area contributed by atoms with Gasteiger partial charge in [0.25, 0.3) is 0 Å². The average molecular weight is 391 g/mol. The van der Waals surface area contributed by atoms with Crippen LogP contribution in [0, 0.1) is 5.82 Å². The molecule has 4 N–H and O–H groups in total. The van der Waals surface area contributed by atoms with E-state index >= 15 is 0 Å². The number of benzene rings is 1. The first-order valence-electron chi connectivity index (χ1n) is 8.70. The number of aromatic nitrogens is 3. The number of aliphatic hydroxyl groups excluding tert-OH is 1. The summed E-state index contributed by atoms with van der Waals surface area (Å²) >= 11 is 5.87. The zero-order valence-electron chi connectivity index (χ0n) is 14.5. The van der Waals surface area contributed by atoms with Crippen LogP contribution < -0.4 is 11.1 Å². The highest BCUT2D eigenvalue weighted by molar-refractivity contribution is 6.31. The van der Waals surface area contributed by atoms with E-state index in [1.807, 2.05) is 12.3 Å². The summed E-state index contributed by atoms with van der Waals surface area (Å²) in [5, 5.41) is 17.5. The lowest BCUT2D eigenvalue weighted by atomic mass is 10.0. The maximum atomic E-state index is 13.4. The molecule has 0 amide bonds. The third kappa shape index (κ3) is 3.74. The molecule has 0 bridgehead atoms. The van der Waals surface area contributed by atoms with Gasteiger partial charge in [0.2, 0.25) is 0 Å². The lowest BCUT2D eigenvalue weighted by Gasteiger charge is -2.33. The molecule has 1 aliphatic heterocycles. The van der Waals surface area contributed by atoms with Crippen molar-refractivity contribution in [2.24, 2.45) is 5.73 Å². The highest BCUT2D eigenvalue weighted by Gasteiger charge is 2.25. The van der Waals surface area contributed by atoms with Crippen molar-refractivity contribution in [3.05, 3.63) is 53.2 Å². The van der Waals surface area contributed by atoms with Crippen LogP contribution in [0.15, 0.2) is 36.8 Å². The first kappa shape index (κ1) is 18.1. The molecule has 1 fully saturated rings. The Morgan fingerprint density at radius 2 is 2.22 bits per heavy atom. The van der Waals surface area contributed by atoms with Crippen molar-refractivity contribution >= 4 is 28.6 Å². The molecule has 27 heavy (non-hydrogen) atoms. The highest BCUT2D eigenvalue weighted by Crippen LogP contribution is 2.27. The largest absolute Gasteiger partial charge is 0.390 e. The minimum absolute atomic E-state index is 0.0410. The van der Waals surface area contributed by atoms with Crippen LogP contribution in [0.1, 0.15) is 12.0 Å². The fourth-order valence-corrected chi connectivity index (χ4v) is 3.53. The van der Waals surface area contributed by atoms with Gasteiger partial charge < -0.3 is 16.2 Å². The van der Waals surface area contributed by atoms with E-state index in [0.29, 0.717) is 24.6 Å². The molecule has 142 valence electrons. The van der Waals surface area contributed by atoms with Crippen molar-refractivity contribution in [3.63, 3.8) is 0 Å². The van der Waals surface area contributed by atoms with Gasteiger partial charge in [-0.1, -0.05) is 11.6 Å². The van der Waals surface area contributed by atoms with Crippen LogP contribution in [0.3, 0.4) is 0 Å². The molecular weight excluding hydrogens is 371 g/mol. The van der Waals surface area contributed by atoms with Crippen LogP contribution in [0.2, 0.25) is 5.02 Å². The molecule has 3 heterocycles. The summed E-state index contributed by atoms with van der Waals surface area (Å²) in [5.74, 6) is 0.127. The molecule has 0 spiro atoms. The predicted octanol–water partition coefficient (Wildman–Crippen LogP) is 2.16. The lowest BCUT2D eigenvalue weighted by molar-refractivity contribution is 0.0501. The number of nitrogens with zero attached hydrogens (tertiary/aromatic N) is 4. The summed E-state index contributed by atoms with van der Waals surface area (Å²) in [5.41, 5.74) is 8.37. The number of nitrogens with one attached hydrogen (secondary N) is 1. The number of likely N-dealkylation sites (tertiary alicyclic amines) is 1. The standard InChI is InChI=1S/C18H20ClFN6O/c19-13-7-12(1-2-14(13)20)24-18-17-11(3-6-26(17)23-10-22-18)8-25-5-4-15(21)16(27)9-25/h1-3,6-7,10,15-16,27H,4-5,8-9,21H2,(H,22,23,24)/t15-,16-/m0/s1. The molecule has 1 aliphatic rings. The van der Waals surface area contributed by atoms with Crippen LogP contribution in [0.5, 0.6) is 0 Å². The van der Waals surface area contributed by atoms with Crippen LogP contribution in [-0.2, 0) is 6.54 Å². The van der Waals surface area contributed by atoms with Gasteiger partial charge in [-0.3, -0.25) is 4.90 Å². The van der Waals surface area contributed by atoms with Crippen LogP contribution in [-0.4, -0.2) is 49.8 Å². The number of hydrogen-bond donors (Lipinski definition) is 3. The van der Waals surface area contributed by atoms with E-state index in [2.05, 4.69) is 20.3 Å². The van der Waals surface area contributed by atoms with E-state index < -0.39 is 11.9 Å². The monoisotopic (exact) mass is 390 g/mol. The van der Waals surface area contributed by atoms with Crippen LogP contribution >= 0.6 is 11.6 Å². The molecule has 0 unspecified atom stereocenters. The van der Waals surface area contributed by atoms with Gasteiger partial charge in [0, 0.05) is 37.6 Å². The van der Waals surface area contributed by atoms with Gasteiger partial charge in [0.15, 0.2) is 5.82 Å². The maximum Gasteiger partial charge on any atom is 0.158 e. The van der Waals surface area contributed by atoms with Crippen molar-refractivity contribution in [1.82, 2.24) is 19.5 Å². The SMILES string of the molecule is N[C@H]1CCN(Cc2ccn3ncnc(Nc4ccc(F)c(Cl)c4)c23)C[C@@H]1O. The molecule has 0 aliphatic carbocycles. The molecule has 1 aromatic carbocycles. The summed E-state index contributed by atoms with van der Waals surface area (Å²) in [4.78, 5) is 6.50. The van der Waals surface area contributed by atoms with Gasteiger partial charge in [-0.05, 0) is 36.2 Å². The molecule has 2 atom stereocenters. The predicted molar refractivity (Wildman–Crippen MR) is 102 cm³/mol. The minimum atomic E-state index is -0.525. The van der Waals surface area contributed by atoms with Crippen LogP contribution in [0.4, 0.5) is 15.9 Å². The Bertz CT molecular complexity index is 964. The van der Waals surface area contributed by atoms with E-state index in [1.165, 1.54) is 18.5 Å². The van der Waals surface area contributed by atoms with Gasteiger partial charge in [0.05, 0.1) is 11.1 Å². The molecule has 0 radical (unpaired) electrons. The molecule has 4 rings (SSSR count). The van der Waals surface area contributed by atoms with E-state index in [-0.39, 0.29) is 11.1 Å². The second-order valence-corrected chi connectivity index (χ2v) is 7.16. The Labute approximate surface area is 160 Å². The molecule has 1 saturated heterocycles. The summed E-state index contributed by atoms with van der Waals surface area (Å²) in [6, 6.07) is 6.23. The van der Waals surface area contributed by atoms with Crippen molar-refractivity contribution in [3.8, 4) is 0 Å². The third-order valence-corrected chi connectivity index (χ3v) is 5.12. The number of hydrogen-bond acceptors (Lipinski definition) is 6. The van der Waals surface area contributed by atoms with Crippen molar-refractivity contribution in [2.75, 3.05) is 18.4 Å². The molecule has 3 aromatic rings. The summed E-state index contributed by atoms with van der Waals surface area (Å²) in [6.07, 6.45) is 3.54. The van der Waals surface area contributed by atoms with Gasteiger partial charge in [-0.15, -0.1) is 0 Å². The first-order valence-corrected chi connectivity index (χ1v) is 9.08. The topological polar surface area (TPSA) is 91.7 Å².